The molecule has 3 rings (SSSR count). The molecule has 1 aliphatic rings. The second kappa shape index (κ2) is 4.87. The number of anilines is 2. The van der Waals surface area contributed by atoms with Gasteiger partial charge in [0, 0.05) is 28.0 Å². The van der Waals surface area contributed by atoms with Gasteiger partial charge in [-0.15, -0.1) is 0 Å². The van der Waals surface area contributed by atoms with E-state index in [0.29, 0.717) is 11.1 Å². The van der Waals surface area contributed by atoms with Gasteiger partial charge in [-0.3, -0.25) is 0 Å². The number of halogens is 1. The Balaban J connectivity index is 2.14. The standard InChI is InChI=1S/C16H16ClNO/c1-11-8-12-4-2-3-5-15(12)18(11)16-9-14(17)7-6-13(16)10-19/h2-7,9,11,19H,8,10H2,1H3. The lowest BCUT2D eigenvalue weighted by Crippen LogP contribution is -2.25. The third kappa shape index (κ3) is 2.11. The number of aliphatic hydroxyl groups is 1. The van der Waals surface area contributed by atoms with Crippen LogP contribution in [0, 0.1) is 0 Å². The van der Waals surface area contributed by atoms with Crippen molar-refractivity contribution in [3.8, 4) is 0 Å². The van der Waals surface area contributed by atoms with Crippen LogP contribution in [0.2, 0.25) is 5.02 Å². The zero-order valence-electron chi connectivity index (χ0n) is 10.8. The molecule has 3 heteroatoms. The second-order valence-electron chi connectivity index (χ2n) is 4.98. The number of rotatable bonds is 2. The first-order chi connectivity index (χ1) is 9.20. The van der Waals surface area contributed by atoms with E-state index in [2.05, 4.69) is 30.0 Å². The molecule has 0 saturated carbocycles. The smallest absolute Gasteiger partial charge is 0.0702 e. The summed E-state index contributed by atoms with van der Waals surface area (Å²) >= 11 is 6.12. The molecule has 2 aromatic carbocycles. The quantitative estimate of drug-likeness (QED) is 0.897. The first-order valence-electron chi connectivity index (χ1n) is 6.47. The van der Waals surface area contributed by atoms with Crippen LogP contribution < -0.4 is 4.90 Å². The van der Waals surface area contributed by atoms with Gasteiger partial charge in [0.25, 0.3) is 0 Å². The number of nitrogens with zero attached hydrogens (tertiary/aromatic N) is 1. The molecule has 2 aromatic rings. The van der Waals surface area contributed by atoms with Crippen molar-refractivity contribution in [1.82, 2.24) is 0 Å². The van der Waals surface area contributed by atoms with Crippen LogP contribution in [0.4, 0.5) is 11.4 Å². The Bertz CT molecular complexity index is 611. The van der Waals surface area contributed by atoms with Crippen molar-refractivity contribution < 1.29 is 5.11 Å². The lowest BCUT2D eigenvalue weighted by atomic mass is 10.1. The molecule has 0 aliphatic carbocycles. The van der Waals surface area contributed by atoms with E-state index in [4.69, 9.17) is 11.6 Å². The third-order valence-electron chi connectivity index (χ3n) is 3.68. The highest BCUT2D eigenvalue weighted by Gasteiger charge is 2.28. The fourth-order valence-corrected chi connectivity index (χ4v) is 2.99. The lowest BCUT2D eigenvalue weighted by Gasteiger charge is -2.27. The monoisotopic (exact) mass is 273 g/mol. The maximum absolute atomic E-state index is 9.53. The Labute approximate surface area is 118 Å². The van der Waals surface area contributed by atoms with Gasteiger partial charge in [-0.2, -0.15) is 0 Å². The van der Waals surface area contributed by atoms with Gasteiger partial charge < -0.3 is 10.0 Å². The van der Waals surface area contributed by atoms with Crippen molar-refractivity contribution in [1.29, 1.82) is 0 Å². The Morgan fingerprint density at radius 2 is 2.00 bits per heavy atom. The Morgan fingerprint density at radius 1 is 1.21 bits per heavy atom. The van der Waals surface area contributed by atoms with Crippen molar-refractivity contribution >= 4 is 23.0 Å². The van der Waals surface area contributed by atoms with Gasteiger partial charge in [0.15, 0.2) is 0 Å². The van der Waals surface area contributed by atoms with Crippen LogP contribution in [0.25, 0.3) is 0 Å². The minimum atomic E-state index is 0.0257. The minimum Gasteiger partial charge on any atom is -0.392 e. The first kappa shape index (κ1) is 12.5. The summed E-state index contributed by atoms with van der Waals surface area (Å²) in [6, 6.07) is 14.4. The highest BCUT2D eigenvalue weighted by atomic mass is 35.5. The number of fused-ring (bicyclic) bond motifs is 1. The lowest BCUT2D eigenvalue weighted by molar-refractivity contribution is 0.282. The van der Waals surface area contributed by atoms with Gasteiger partial charge in [-0.1, -0.05) is 35.9 Å². The Kier molecular flexibility index (Phi) is 3.21. The van der Waals surface area contributed by atoms with Gasteiger partial charge in [0.05, 0.1) is 6.61 Å². The van der Waals surface area contributed by atoms with Gasteiger partial charge >= 0.3 is 0 Å². The van der Waals surface area contributed by atoms with Gasteiger partial charge in [0.1, 0.15) is 0 Å². The molecule has 1 heterocycles. The third-order valence-corrected chi connectivity index (χ3v) is 3.92. The van der Waals surface area contributed by atoms with Crippen LogP contribution in [-0.4, -0.2) is 11.1 Å². The maximum atomic E-state index is 9.53. The molecule has 0 radical (unpaired) electrons. The normalized spacial score (nSPS) is 17.6. The molecular weight excluding hydrogens is 258 g/mol. The molecule has 19 heavy (non-hydrogen) atoms. The van der Waals surface area contributed by atoms with Gasteiger partial charge in [-0.25, -0.2) is 0 Å². The van der Waals surface area contributed by atoms with Crippen LogP contribution in [-0.2, 0) is 13.0 Å². The summed E-state index contributed by atoms with van der Waals surface area (Å²) in [4.78, 5) is 2.27. The number of hydrogen-bond donors (Lipinski definition) is 1. The molecule has 0 bridgehead atoms. The summed E-state index contributed by atoms with van der Waals surface area (Å²) in [6.45, 7) is 2.22. The fraction of sp³-hybridized carbons (Fsp3) is 0.250. The minimum absolute atomic E-state index is 0.0257. The van der Waals surface area contributed by atoms with Crippen LogP contribution >= 0.6 is 11.6 Å². The number of benzene rings is 2. The molecule has 0 saturated heterocycles. The van der Waals surface area contributed by atoms with Gasteiger partial charge in [0.2, 0.25) is 0 Å². The molecule has 0 fully saturated rings. The predicted molar refractivity (Wildman–Crippen MR) is 79.1 cm³/mol. The topological polar surface area (TPSA) is 23.5 Å². The molecule has 98 valence electrons. The van der Waals surface area contributed by atoms with E-state index in [1.54, 1.807) is 0 Å². The van der Waals surface area contributed by atoms with Crippen molar-refractivity contribution in [3.63, 3.8) is 0 Å². The predicted octanol–water partition coefficient (Wildman–Crippen LogP) is 3.92. The zero-order valence-corrected chi connectivity index (χ0v) is 11.6. The molecule has 0 aromatic heterocycles. The second-order valence-corrected chi connectivity index (χ2v) is 5.42. The fourth-order valence-electron chi connectivity index (χ4n) is 2.83. The van der Waals surface area contributed by atoms with E-state index < -0.39 is 0 Å². The highest BCUT2D eigenvalue weighted by Crippen LogP contribution is 2.40. The maximum Gasteiger partial charge on any atom is 0.0702 e. The summed E-state index contributed by atoms with van der Waals surface area (Å²) in [5, 5.41) is 10.2. The summed E-state index contributed by atoms with van der Waals surface area (Å²) in [5.74, 6) is 0. The molecule has 2 nitrogen and oxygen atoms in total. The number of para-hydroxylation sites is 1. The average Bonchev–Trinajstić information content (AvgIpc) is 2.74. The molecule has 0 amide bonds. The largest absolute Gasteiger partial charge is 0.392 e. The van der Waals surface area contributed by atoms with E-state index in [9.17, 15) is 5.11 Å². The molecule has 1 unspecified atom stereocenters. The Hall–Kier alpha value is -1.51. The summed E-state index contributed by atoms with van der Waals surface area (Å²) in [5.41, 5.74) is 4.48. The van der Waals surface area contributed by atoms with E-state index >= 15 is 0 Å². The van der Waals surface area contributed by atoms with E-state index in [1.807, 2.05) is 24.3 Å². The molecule has 1 atom stereocenters. The van der Waals surface area contributed by atoms with E-state index in [1.165, 1.54) is 11.3 Å². The summed E-state index contributed by atoms with van der Waals surface area (Å²) < 4.78 is 0. The van der Waals surface area contributed by atoms with E-state index in [0.717, 1.165) is 17.7 Å². The van der Waals surface area contributed by atoms with Crippen LogP contribution in [0.3, 0.4) is 0 Å². The van der Waals surface area contributed by atoms with Crippen LogP contribution in [0.5, 0.6) is 0 Å². The number of hydrogen-bond acceptors (Lipinski definition) is 2. The van der Waals surface area contributed by atoms with Crippen molar-refractivity contribution in [3.05, 3.63) is 58.6 Å². The van der Waals surface area contributed by atoms with Gasteiger partial charge in [-0.05, 0) is 37.1 Å². The Morgan fingerprint density at radius 3 is 2.79 bits per heavy atom. The molecular formula is C16H16ClNO. The SMILES string of the molecule is CC1Cc2ccccc2N1c1cc(Cl)ccc1CO. The van der Waals surface area contributed by atoms with Crippen molar-refractivity contribution in [2.75, 3.05) is 4.90 Å². The zero-order chi connectivity index (χ0) is 13.4. The van der Waals surface area contributed by atoms with Crippen LogP contribution in [0.15, 0.2) is 42.5 Å². The van der Waals surface area contributed by atoms with E-state index in [-0.39, 0.29) is 6.61 Å². The first-order valence-corrected chi connectivity index (χ1v) is 6.85. The van der Waals surface area contributed by atoms with Crippen molar-refractivity contribution in [2.24, 2.45) is 0 Å². The molecule has 1 aliphatic heterocycles. The summed E-state index contributed by atoms with van der Waals surface area (Å²) in [7, 11) is 0. The molecule has 0 spiro atoms. The number of aliphatic hydroxyl groups excluding tert-OH is 1. The molecule has 1 N–H and O–H groups in total. The average molecular weight is 274 g/mol. The van der Waals surface area contributed by atoms with Crippen LogP contribution in [0.1, 0.15) is 18.1 Å². The summed E-state index contributed by atoms with van der Waals surface area (Å²) in [6.07, 6.45) is 1.02. The highest BCUT2D eigenvalue weighted by molar-refractivity contribution is 6.30. The van der Waals surface area contributed by atoms with Crippen molar-refractivity contribution in [2.45, 2.75) is 26.0 Å².